The monoisotopic (exact) mass is 257 g/mol. The lowest BCUT2D eigenvalue weighted by atomic mass is 9.97. The van der Waals surface area contributed by atoms with Crippen LogP contribution in [0.5, 0.6) is 0 Å². The smallest absolute Gasteiger partial charge is 0.156 e. The van der Waals surface area contributed by atoms with E-state index in [4.69, 9.17) is 4.74 Å². The van der Waals surface area contributed by atoms with Crippen LogP contribution in [-0.2, 0) is 14.6 Å². The standard InChI is InChI=1S/C12H19NO3S/c14-17(15)9-1-2-10(17)6-12(5-9)13-7-11(3-4-11)8-16-12/h9-10,13H,1-8H2. The van der Waals surface area contributed by atoms with E-state index >= 15 is 0 Å². The second-order valence-electron chi connectivity index (χ2n) is 6.46. The fourth-order valence-corrected chi connectivity index (χ4v) is 6.21. The SMILES string of the molecule is O=S1(=O)C2CCC1CC1(C2)NCC2(CC2)CO1. The zero-order valence-electron chi connectivity index (χ0n) is 9.94. The van der Waals surface area contributed by atoms with Crippen molar-refractivity contribution in [1.29, 1.82) is 0 Å². The molecule has 3 aliphatic heterocycles. The van der Waals surface area contributed by atoms with E-state index in [1.54, 1.807) is 0 Å². The molecule has 0 radical (unpaired) electrons. The Morgan fingerprint density at radius 1 is 1.12 bits per heavy atom. The second kappa shape index (κ2) is 3.06. The fourth-order valence-electron chi connectivity index (χ4n) is 3.73. The molecule has 1 saturated carbocycles. The summed E-state index contributed by atoms with van der Waals surface area (Å²) in [6.07, 6.45) is 5.54. The van der Waals surface area contributed by atoms with Crippen LogP contribution in [0.3, 0.4) is 0 Å². The molecule has 0 amide bonds. The molecule has 4 nitrogen and oxygen atoms in total. The summed E-state index contributed by atoms with van der Waals surface area (Å²) >= 11 is 0. The molecule has 3 heterocycles. The first-order valence-corrected chi connectivity index (χ1v) is 8.26. The third-order valence-electron chi connectivity index (χ3n) is 5.25. The maximum Gasteiger partial charge on any atom is 0.156 e. The highest BCUT2D eigenvalue weighted by Crippen LogP contribution is 2.51. The number of fused-ring (bicyclic) bond motifs is 2. The molecule has 96 valence electrons. The number of hydrogen-bond acceptors (Lipinski definition) is 4. The molecular weight excluding hydrogens is 238 g/mol. The molecule has 4 aliphatic rings. The second-order valence-corrected chi connectivity index (χ2v) is 8.97. The molecule has 0 aromatic carbocycles. The van der Waals surface area contributed by atoms with Gasteiger partial charge in [0.15, 0.2) is 9.84 Å². The third kappa shape index (κ3) is 1.45. The third-order valence-corrected chi connectivity index (χ3v) is 7.92. The summed E-state index contributed by atoms with van der Waals surface area (Å²) in [7, 11) is -2.84. The Hall–Kier alpha value is -0.130. The number of nitrogens with one attached hydrogen (secondary N) is 1. The maximum absolute atomic E-state index is 12.1. The van der Waals surface area contributed by atoms with Crippen LogP contribution in [0.4, 0.5) is 0 Å². The van der Waals surface area contributed by atoms with Crippen molar-refractivity contribution in [3.63, 3.8) is 0 Å². The van der Waals surface area contributed by atoms with E-state index in [1.165, 1.54) is 12.8 Å². The predicted octanol–water partition coefficient (Wildman–Crippen LogP) is 0.822. The Balaban J connectivity index is 1.58. The number of ether oxygens (including phenoxy) is 1. The molecule has 17 heavy (non-hydrogen) atoms. The van der Waals surface area contributed by atoms with Gasteiger partial charge in [-0.15, -0.1) is 0 Å². The minimum Gasteiger partial charge on any atom is -0.360 e. The van der Waals surface area contributed by atoms with E-state index < -0.39 is 9.84 Å². The first-order valence-electron chi connectivity index (χ1n) is 6.66. The van der Waals surface area contributed by atoms with Crippen LogP contribution in [0.2, 0.25) is 0 Å². The molecule has 1 N–H and O–H groups in total. The van der Waals surface area contributed by atoms with Gasteiger partial charge in [0.05, 0.1) is 17.1 Å². The minimum atomic E-state index is -2.84. The van der Waals surface area contributed by atoms with Crippen LogP contribution >= 0.6 is 0 Å². The summed E-state index contributed by atoms with van der Waals surface area (Å²) in [6, 6.07) is 0. The highest BCUT2D eigenvalue weighted by atomic mass is 32.2. The predicted molar refractivity (Wildman–Crippen MR) is 63.3 cm³/mol. The summed E-state index contributed by atoms with van der Waals surface area (Å²) in [5.74, 6) is 0. The molecule has 3 saturated heterocycles. The average Bonchev–Trinajstić information content (AvgIpc) is 3.02. The van der Waals surface area contributed by atoms with E-state index in [9.17, 15) is 8.42 Å². The molecule has 0 aromatic rings. The Morgan fingerprint density at radius 2 is 1.76 bits per heavy atom. The summed E-state index contributed by atoms with van der Waals surface area (Å²) in [5, 5.41) is 3.24. The van der Waals surface area contributed by atoms with Crippen molar-refractivity contribution in [2.24, 2.45) is 5.41 Å². The highest BCUT2D eigenvalue weighted by Gasteiger charge is 2.58. The quantitative estimate of drug-likeness (QED) is 0.698. The first kappa shape index (κ1) is 10.8. The Labute approximate surface area is 102 Å². The topological polar surface area (TPSA) is 55.4 Å². The van der Waals surface area contributed by atoms with Crippen LogP contribution in [0, 0.1) is 5.41 Å². The van der Waals surface area contributed by atoms with Gasteiger partial charge in [-0.05, 0) is 25.7 Å². The van der Waals surface area contributed by atoms with E-state index in [1.807, 2.05) is 0 Å². The lowest BCUT2D eigenvalue weighted by molar-refractivity contribution is -0.131. The summed E-state index contributed by atoms with van der Waals surface area (Å²) in [6.45, 7) is 1.85. The number of rotatable bonds is 0. The van der Waals surface area contributed by atoms with Gasteiger partial charge in [-0.3, -0.25) is 5.32 Å². The van der Waals surface area contributed by atoms with Gasteiger partial charge in [0.25, 0.3) is 0 Å². The van der Waals surface area contributed by atoms with Gasteiger partial charge >= 0.3 is 0 Å². The molecule has 0 aromatic heterocycles. The van der Waals surface area contributed by atoms with Gasteiger partial charge in [0, 0.05) is 24.8 Å². The van der Waals surface area contributed by atoms with Gasteiger partial charge in [0.1, 0.15) is 5.72 Å². The summed E-state index contributed by atoms with van der Waals surface area (Å²) in [4.78, 5) is 0. The molecule has 4 fully saturated rings. The Kier molecular flexibility index (Phi) is 1.94. The van der Waals surface area contributed by atoms with Crippen molar-refractivity contribution in [3.8, 4) is 0 Å². The van der Waals surface area contributed by atoms with Crippen LogP contribution in [0.1, 0.15) is 38.5 Å². The van der Waals surface area contributed by atoms with Crippen LogP contribution in [-0.4, -0.2) is 37.8 Å². The molecule has 2 spiro atoms. The largest absolute Gasteiger partial charge is 0.360 e. The molecule has 5 heteroatoms. The van der Waals surface area contributed by atoms with Crippen LogP contribution < -0.4 is 5.32 Å². The van der Waals surface area contributed by atoms with E-state index in [0.717, 1.165) is 26.0 Å². The van der Waals surface area contributed by atoms with Gasteiger partial charge in [-0.2, -0.15) is 0 Å². The molecule has 2 bridgehead atoms. The molecule has 1 aliphatic carbocycles. The van der Waals surface area contributed by atoms with Crippen molar-refractivity contribution in [2.75, 3.05) is 13.2 Å². The summed E-state index contributed by atoms with van der Waals surface area (Å²) in [5.41, 5.74) is 0.0889. The lowest BCUT2D eigenvalue weighted by Crippen LogP contribution is -2.61. The van der Waals surface area contributed by atoms with Gasteiger partial charge in [-0.25, -0.2) is 8.42 Å². The van der Waals surface area contributed by atoms with Crippen molar-refractivity contribution in [2.45, 2.75) is 54.7 Å². The zero-order chi connectivity index (χ0) is 11.7. The zero-order valence-corrected chi connectivity index (χ0v) is 10.8. The van der Waals surface area contributed by atoms with E-state index in [0.29, 0.717) is 18.3 Å². The van der Waals surface area contributed by atoms with Crippen molar-refractivity contribution < 1.29 is 13.2 Å². The Morgan fingerprint density at radius 3 is 2.24 bits per heavy atom. The normalized spacial score (nSPS) is 49.6. The summed E-state index contributed by atoms with van der Waals surface area (Å²) < 4.78 is 30.2. The first-order chi connectivity index (χ1) is 8.04. The highest BCUT2D eigenvalue weighted by molar-refractivity contribution is 7.93. The van der Waals surface area contributed by atoms with E-state index in [-0.39, 0.29) is 16.2 Å². The van der Waals surface area contributed by atoms with Crippen LogP contribution in [0.15, 0.2) is 0 Å². The molecule has 2 unspecified atom stereocenters. The lowest BCUT2D eigenvalue weighted by Gasteiger charge is -2.46. The number of hydrogen-bond donors (Lipinski definition) is 1. The van der Waals surface area contributed by atoms with E-state index in [2.05, 4.69) is 5.32 Å². The molecular formula is C12H19NO3S. The molecule has 2 atom stereocenters. The van der Waals surface area contributed by atoms with Gasteiger partial charge in [-0.1, -0.05) is 0 Å². The minimum absolute atomic E-state index is 0.151. The van der Waals surface area contributed by atoms with Crippen molar-refractivity contribution >= 4 is 9.84 Å². The fraction of sp³-hybridized carbons (Fsp3) is 1.00. The molecule has 4 rings (SSSR count). The maximum atomic E-state index is 12.1. The van der Waals surface area contributed by atoms with Crippen molar-refractivity contribution in [3.05, 3.63) is 0 Å². The average molecular weight is 257 g/mol. The van der Waals surface area contributed by atoms with Gasteiger partial charge in [0.2, 0.25) is 0 Å². The van der Waals surface area contributed by atoms with Crippen LogP contribution in [0.25, 0.3) is 0 Å². The van der Waals surface area contributed by atoms with Gasteiger partial charge < -0.3 is 4.74 Å². The van der Waals surface area contributed by atoms with Crippen molar-refractivity contribution in [1.82, 2.24) is 5.32 Å². The Bertz CT molecular complexity index is 422. The number of sulfone groups is 1.